The van der Waals surface area contributed by atoms with Gasteiger partial charge in [0.15, 0.2) is 0 Å². The summed E-state index contributed by atoms with van der Waals surface area (Å²) < 4.78 is 1.80. The number of hydrogen-bond donors (Lipinski definition) is 2. The van der Waals surface area contributed by atoms with Crippen molar-refractivity contribution in [1.82, 2.24) is 4.57 Å². The second-order valence-electron chi connectivity index (χ2n) is 4.48. The van der Waals surface area contributed by atoms with Crippen molar-refractivity contribution in [3.63, 3.8) is 0 Å². The van der Waals surface area contributed by atoms with Crippen molar-refractivity contribution in [2.24, 2.45) is 21.7 Å². The zero-order valence-electron chi connectivity index (χ0n) is 11.8. The first-order chi connectivity index (χ1) is 10.6. The summed E-state index contributed by atoms with van der Waals surface area (Å²) in [5.74, 6) is -0.0977. The van der Waals surface area contributed by atoms with E-state index in [1.165, 1.54) is 6.07 Å². The number of nitro benzene ring substituents is 1. The van der Waals surface area contributed by atoms with Crippen molar-refractivity contribution in [2.45, 2.75) is 12.8 Å². The largest absolute Gasteiger partial charge is 0.369 e. The Labute approximate surface area is 126 Å². The molecule has 8 nitrogen and oxygen atoms in total. The van der Waals surface area contributed by atoms with Crippen molar-refractivity contribution in [3.05, 3.63) is 58.4 Å². The van der Waals surface area contributed by atoms with Gasteiger partial charge in [-0.2, -0.15) is 5.10 Å². The molecule has 0 aliphatic heterocycles. The van der Waals surface area contributed by atoms with Crippen LogP contribution in [0.2, 0.25) is 0 Å². The SMILES string of the molecule is NC(N)=NN=CCCc1cccn1-c1ccccc1[N+](=O)[O-]. The number of nitrogens with two attached hydrogens (primary N) is 2. The minimum atomic E-state index is -0.390. The van der Waals surface area contributed by atoms with Crippen molar-refractivity contribution >= 4 is 17.9 Å². The average molecular weight is 300 g/mol. The van der Waals surface area contributed by atoms with Gasteiger partial charge in [-0.3, -0.25) is 10.1 Å². The molecule has 0 aliphatic rings. The van der Waals surface area contributed by atoms with Crippen molar-refractivity contribution in [3.8, 4) is 5.69 Å². The fraction of sp³-hybridized carbons (Fsp3) is 0.143. The lowest BCUT2D eigenvalue weighted by molar-refractivity contribution is -0.384. The molecule has 0 fully saturated rings. The van der Waals surface area contributed by atoms with Gasteiger partial charge in [-0.05, 0) is 31.0 Å². The lowest BCUT2D eigenvalue weighted by Crippen LogP contribution is -2.21. The molecule has 2 rings (SSSR count). The number of rotatable bonds is 6. The van der Waals surface area contributed by atoms with Crippen LogP contribution in [0.15, 0.2) is 52.8 Å². The van der Waals surface area contributed by atoms with E-state index in [2.05, 4.69) is 10.2 Å². The lowest BCUT2D eigenvalue weighted by Gasteiger charge is -2.08. The van der Waals surface area contributed by atoms with Crippen LogP contribution in [0, 0.1) is 10.1 Å². The van der Waals surface area contributed by atoms with E-state index in [-0.39, 0.29) is 16.6 Å². The summed E-state index contributed by atoms with van der Waals surface area (Å²) in [6, 6.07) is 10.4. The maximum atomic E-state index is 11.1. The first-order valence-electron chi connectivity index (χ1n) is 6.60. The van der Waals surface area contributed by atoms with Gasteiger partial charge in [-0.25, -0.2) is 0 Å². The zero-order valence-corrected chi connectivity index (χ0v) is 11.8. The molecule has 0 radical (unpaired) electrons. The van der Waals surface area contributed by atoms with Crippen LogP contribution in [0.3, 0.4) is 0 Å². The quantitative estimate of drug-likeness (QED) is 0.363. The third kappa shape index (κ3) is 3.69. The number of para-hydroxylation sites is 2. The Hall–Kier alpha value is -3.16. The molecule has 0 aliphatic carbocycles. The molecule has 0 spiro atoms. The van der Waals surface area contributed by atoms with E-state index >= 15 is 0 Å². The second-order valence-corrected chi connectivity index (χ2v) is 4.48. The topological polar surface area (TPSA) is 125 Å². The van der Waals surface area contributed by atoms with E-state index in [1.807, 2.05) is 12.1 Å². The highest BCUT2D eigenvalue weighted by Gasteiger charge is 2.15. The summed E-state index contributed by atoms with van der Waals surface area (Å²) in [5, 5.41) is 18.3. The molecular formula is C14H16N6O2. The fourth-order valence-corrected chi connectivity index (χ4v) is 2.05. The van der Waals surface area contributed by atoms with Crippen LogP contribution in [0.5, 0.6) is 0 Å². The van der Waals surface area contributed by atoms with Gasteiger partial charge in [0.05, 0.1) is 4.92 Å². The Morgan fingerprint density at radius 1 is 1.27 bits per heavy atom. The maximum absolute atomic E-state index is 11.1. The van der Waals surface area contributed by atoms with E-state index in [9.17, 15) is 10.1 Å². The van der Waals surface area contributed by atoms with Crippen LogP contribution in [0.4, 0.5) is 5.69 Å². The first-order valence-corrected chi connectivity index (χ1v) is 6.60. The van der Waals surface area contributed by atoms with Crippen molar-refractivity contribution < 1.29 is 4.92 Å². The van der Waals surface area contributed by atoms with Gasteiger partial charge in [-0.1, -0.05) is 12.1 Å². The number of guanidine groups is 1. The standard InChI is InChI=1S/C14H16N6O2/c15-14(16)18-17-9-3-5-11-6-4-10-19(11)12-7-1-2-8-13(12)20(21)22/h1-2,4,6-10H,3,5H2,(H4,15,16,18). The van der Waals surface area contributed by atoms with Crippen molar-refractivity contribution in [2.75, 3.05) is 0 Å². The normalized spacial score (nSPS) is 10.7. The smallest absolute Gasteiger partial charge is 0.293 e. The molecule has 114 valence electrons. The van der Waals surface area contributed by atoms with Crippen LogP contribution < -0.4 is 11.5 Å². The number of benzene rings is 1. The van der Waals surface area contributed by atoms with E-state index < -0.39 is 0 Å². The third-order valence-corrected chi connectivity index (χ3v) is 2.96. The Kier molecular flexibility index (Phi) is 4.86. The summed E-state index contributed by atoms with van der Waals surface area (Å²) in [6.45, 7) is 0. The number of hydrogen-bond acceptors (Lipinski definition) is 4. The minimum absolute atomic E-state index is 0.0640. The molecule has 0 atom stereocenters. The van der Waals surface area contributed by atoms with Gasteiger partial charge in [0.25, 0.3) is 5.69 Å². The lowest BCUT2D eigenvalue weighted by atomic mass is 10.2. The molecule has 1 heterocycles. The molecule has 2 aromatic rings. The molecule has 0 saturated carbocycles. The monoisotopic (exact) mass is 300 g/mol. The highest BCUT2D eigenvalue weighted by molar-refractivity contribution is 5.76. The van der Waals surface area contributed by atoms with Gasteiger partial charge >= 0.3 is 0 Å². The summed E-state index contributed by atoms with van der Waals surface area (Å²) in [4.78, 5) is 10.7. The highest BCUT2D eigenvalue weighted by Crippen LogP contribution is 2.24. The number of aryl methyl sites for hydroxylation is 1. The summed E-state index contributed by atoms with van der Waals surface area (Å²) in [7, 11) is 0. The summed E-state index contributed by atoms with van der Waals surface area (Å²) in [5.41, 5.74) is 11.9. The van der Waals surface area contributed by atoms with E-state index in [0.29, 0.717) is 18.5 Å². The van der Waals surface area contributed by atoms with Crippen molar-refractivity contribution in [1.29, 1.82) is 0 Å². The highest BCUT2D eigenvalue weighted by atomic mass is 16.6. The molecule has 0 amide bonds. The molecule has 8 heteroatoms. The van der Waals surface area contributed by atoms with E-state index in [0.717, 1.165) is 5.69 Å². The van der Waals surface area contributed by atoms with Crippen LogP contribution >= 0.6 is 0 Å². The van der Waals surface area contributed by atoms with Gasteiger partial charge in [-0.15, -0.1) is 5.10 Å². The Bertz CT molecular complexity index is 716. The maximum Gasteiger partial charge on any atom is 0.293 e. The summed E-state index contributed by atoms with van der Waals surface area (Å²) >= 11 is 0. The number of nitrogens with zero attached hydrogens (tertiary/aromatic N) is 4. The van der Waals surface area contributed by atoms with Gasteiger partial charge < -0.3 is 16.0 Å². The Balaban J connectivity index is 2.18. The van der Waals surface area contributed by atoms with E-state index in [4.69, 9.17) is 11.5 Å². The second kappa shape index (κ2) is 7.02. The van der Waals surface area contributed by atoms with Crippen LogP contribution in [-0.4, -0.2) is 21.7 Å². The molecule has 0 unspecified atom stereocenters. The predicted octanol–water partition coefficient (Wildman–Crippen LogP) is 1.58. The summed E-state index contributed by atoms with van der Waals surface area (Å²) in [6.07, 6.45) is 4.66. The van der Waals surface area contributed by atoms with Crippen LogP contribution in [0.1, 0.15) is 12.1 Å². The van der Waals surface area contributed by atoms with Gasteiger partial charge in [0.1, 0.15) is 5.69 Å². The minimum Gasteiger partial charge on any atom is -0.369 e. The molecule has 1 aromatic carbocycles. The van der Waals surface area contributed by atoms with Gasteiger partial charge in [0, 0.05) is 24.2 Å². The van der Waals surface area contributed by atoms with E-state index in [1.54, 1.807) is 35.2 Å². The fourth-order valence-electron chi connectivity index (χ4n) is 2.05. The molecular weight excluding hydrogens is 284 g/mol. The average Bonchev–Trinajstić information content (AvgIpc) is 2.94. The molecule has 4 N–H and O–H groups in total. The zero-order chi connectivity index (χ0) is 15.9. The molecule has 22 heavy (non-hydrogen) atoms. The first kappa shape index (κ1) is 15.2. The third-order valence-electron chi connectivity index (χ3n) is 2.96. The van der Waals surface area contributed by atoms with Gasteiger partial charge in [0.2, 0.25) is 5.96 Å². The molecule has 1 aromatic heterocycles. The Morgan fingerprint density at radius 2 is 2.05 bits per heavy atom. The van der Waals surface area contributed by atoms with Crippen LogP contribution in [0.25, 0.3) is 5.69 Å². The number of aromatic nitrogens is 1. The predicted molar refractivity (Wildman–Crippen MR) is 85.0 cm³/mol. The van der Waals surface area contributed by atoms with Crippen LogP contribution in [-0.2, 0) is 6.42 Å². The Morgan fingerprint density at radius 3 is 2.77 bits per heavy atom. The molecule has 0 saturated heterocycles. The number of nitro groups is 1. The molecule has 0 bridgehead atoms.